The molecular formula is C21H19N3O3. The second-order valence-electron chi connectivity index (χ2n) is 6.51. The van der Waals surface area contributed by atoms with Gasteiger partial charge in [-0.2, -0.15) is 0 Å². The average molecular weight is 361 g/mol. The summed E-state index contributed by atoms with van der Waals surface area (Å²) in [7, 11) is 1.58. The van der Waals surface area contributed by atoms with E-state index in [9.17, 15) is 9.90 Å². The molecule has 0 saturated heterocycles. The van der Waals surface area contributed by atoms with Gasteiger partial charge in [-0.05, 0) is 37.6 Å². The zero-order valence-corrected chi connectivity index (χ0v) is 15.3. The van der Waals surface area contributed by atoms with Gasteiger partial charge in [-0.15, -0.1) is 0 Å². The highest BCUT2D eigenvalue weighted by atomic mass is 16.5. The Kier molecular flexibility index (Phi) is 3.96. The first-order valence-corrected chi connectivity index (χ1v) is 8.55. The number of nitrogens with zero attached hydrogens (tertiary/aromatic N) is 1. The highest BCUT2D eigenvalue weighted by Crippen LogP contribution is 2.29. The second-order valence-corrected chi connectivity index (χ2v) is 6.51. The molecule has 0 bridgehead atoms. The van der Waals surface area contributed by atoms with E-state index in [1.165, 1.54) is 0 Å². The van der Waals surface area contributed by atoms with Crippen molar-refractivity contribution in [3.63, 3.8) is 0 Å². The minimum Gasteiger partial charge on any atom is -0.494 e. The van der Waals surface area contributed by atoms with Crippen molar-refractivity contribution in [2.45, 2.75) is 13.8 Å². The lowest BCUT2D eigenvalue weighted by Crippen LogP contribution is -2.05. The first-order valence-electron chi connectivity index (χ1n) is 8.55. The van der Waals surface area contributed by atoms with Crippen LogP contribution in [0.4, 0.5) is 0 Å². The number of hydrogen-bond acceptors (Lipinski definition) is 3. The molecular weight excluding hydrogens is 342 g/mol. The number of aliphatic imine (C=N–C) groups is 1. The predicted molar refractivity (Wildman–Crippen MR) is 105 cm³/mol. The van der Waals surface area contributed by atoms with Crippen LogP contribution in [-0.4, -0.2) is 33.9 Å². The molecule has 6 nitrogen and oxygen atoms in total. The van der Waals surface area contributed by atoms with Gasteiger partial charge in [-0.1, -0.05) is 18.2 Å². The van der Waals surface area contributed by atoms with Gasteiger partial charge in [0.2, 0.25) is 0 Å². The quantitative estimate of drug-likeness (QED) is 0.651. The van der Waals surface area contributed by atoms with Gasteiger partial charge < -0.3 is 19.8 Å². The van der Waals surface area contributed by atoms with Crippen molar-refractivity contribution in [3.8, 4) is 0 Å². The smallest absolute Gasteiger partial charge is 0.338 e. The maximum Gasteiger partial charge on any atom is 0.338 e. The van der Waals surface area contributed by atoms with Crippen LogP contribution in [0.2, 0.25) is 0 Å². The van der Waals surface area contributed by atoms with Gasteiger partial charge in [0.25, 0.3) is 0 Å². The Morgan fingerprint density at radius 3 is 2.67 bits per heavy atom. The average Bonchev–Trinajstić information content (AvgIpc) is 3.29. The summed E-state index contributed by atoms with van der Waals surface area (Å²) in [6.07, 6.45) is 3.67. The van der Waals surface area contributed by atoms with E-state index >= 15 is 0 Å². The molecule has 3 aromatic rings. The third-order valence-corrected chi connectivity index (χ3v) is 4.63. The summed E-state index contributed by atoms with van der Waals surface area (Å²) in [4.78, 5) is 23.0. The molecule has 0 spiro atoms. The summed E-state index contributed by atoms with van der Waals surface area (Å²) in [5.41, 5.74) is 5.74. The predicted octanol–water partition coefficient (Wildman–Crippen LogP) is 4.19. The highest BCUT2D eigenvalue weighted by Gasteiger charge is 2.25. The number of carboxylic acids is 1. The number of allylic oxidation sites excluding steroid dienone is 1. The van der Waals surface area contributed by atoms with Crippen LogP contribution in [-0.2, 0) is 4.74 Å². The monoisotopic (exact) mass is 361 g/mol. The van der Waals surface area contributed by atoms with E-state index in [2.05, 4.69) is 21.0 Å². The van der Waals surface area contributed by atoms with Crippen molar-refractivity contribution < 1.29 is 14.6 Å². The SMILES string of the molecule is COC1=CC(c2[nH]c3ccccc3c2C(=O)O)=N/C1=C\c1[nH]c(C)cc1C. The molecule has 1 aromatic carbocycles. The Balaban J connectivity index is 1.87. The summed E-state index contributed by atoms with van der Waals surface area (Å²) in [5.74, 6) is -0.405. The molecule has 6 heteroatoms. The van der Waals surface area contributed by atoms with Crippen molar-refractivity contribution in [2.75, 3.05) is 7.11 Å². The molecule has 27 heavy (non-hydrogen) atoms. The van der Waals surface area contributed by atoms with Crippen molar-refractivity contribution in [2.24, 2.45) is 4.99 Å². The molecule has 0 unspecified atom stereocenters. The normalized spacial score (nSPS) is 15.3. The molecule has 0 saturated carbocycles. The van der Waals surface area contributed by atoms with Gasteiger partial charge in [0.1, 0.15) is 11.5 Å². The van der Waals surface area contributed by atoms with Crippen molar-refractivity contribution in [1.82, 2.24) is 9.97 Å². The lowest BCUT2D eigenvalue weighted by atomic mass is 10.1. The summed E-state index contributed by atoms with van der Waals surface area (Å²) in [6.45, 7) is 4.01. The molecule has 0 amide bonds. The number of para-hydroxylation sites is 1. The zero-order chi connectivity index (χ0) is 19.1. The number of benzene rings is 1. The standard InChI is InChI=1S/C21H19N3O3/c1-11-8-12(2)22-15(11)9-16-18(27-3)10-17(23-16)20-19(21(25)26)13-6-4-5-7-14(13)24-20/h4-10,22,24H,1-3H3,(H,25,26)/b16-9-. The molecule has 4 rings (SSSR count). The van der Waals surface area contributed by atoms with Crippen LogP contribution in [0.1, 0.15) is 33.0 Å². The van der Waals surface area contributed by atoms with Crippen LogP contribution in [0.5, 0.6) is 0 Å². The van der Waals surface area contributed by atoms with Gasteiger partial charge in [0.05, 0.1) is 24.1 Å². The molecule has 0 aliphatic carbocycles. The molecule has 0 fully saturated rings. The minimum atomic E-state index is -0.995. The van der Waals surface area contributed by atoms with E-state index in [-0.39, 0.29) is 5.56 Å². The van der Waals surface area contributed by atoms with Crippen LogP contribution in [0, 0.1) is 13.8 Å². The van der Waals surface area contributed by atoms with Crippen molar-refractivity contribution in [3.05, 3.63) is 76.1 Å². The largest absolute Gasteiger partial charge is 0.494 e. The van der Waals surface area contributed by atoms with Gasteiger partial charge in [-0.25, -0.2) is 9.79 Å². The molecule has 0 radical (unpaired) electrons. The van der Waals surface area contributed by atoms with Crippen LogP contribution in [0.15, 0.2) is 52.9 Å². The maximum absolute atomic E-state index is 11.9. The fourth-order valence-electron chi connectivity index (χ4n) is 3.40. The Morgan fingerprint density at radius 2 is 2.00 bits per heavy atom. The summed E-state index contributed by atoms with van der Waals surface area (Å²) < 4.78 is 5.47. The van der Waals surface area contributed by atoms with E-state index in [0.717, 1.165) is 22.5 Å². The number of methoxy groups -OCH3 is 1. The number of aryl methyl sites for hydroxylation is 2. The van der Waals surface area contributed by atoms with Gasteiger partial charge >= 0.3 is 5.97 Å². The molecule has 136 valence electrons. The van der Waals surface area contributed by atoms with Crippen LogP contribution >= 0.6 is 0 Å². The topological polar surface area (TPSA) is 90.5 Å². The fourth-order valence-corrected chi connectivity index (χ4v) is 3.40. The van der Waals surface area contributed by atoms with Crippen molar-refractivity contribution in [1.29, 1.82) is 0 Å². The third-order valence-electron chi connectivity index (χ3n) is 4.63. The Hall–Kier alpha value is -3.54. The first-order chi connectivity index (χ1) is 13.0. The minimum absolute atomic E-state index is 0.212. The van der Waals surface area contributed by atoms with E-state index in [1.54, 1.807) is 19.3 Å². The van der Waals surface area contributed by atoms with Crippen LogP contribution < -0.4 is 0 Å². The molecule has 3 heterocycles. The zero-order valence-electron chi connectivity index (χ0n) is 15.3. The van der Waals surface area contributed by atoms with E-state index < -0.39 is 5.97 Å². The fraction of sp³-hybridized carbons (Fsp3) is 0.143. The number of ether oxygens (including phenoxy) is 1. The van der Waals surface area contributed by atoms with Gasteiger partial charge in [-0.3, -0.25) is 0 Å². The van der Waals surface area contributed by atoms with E-state index in [4.69, 9.17) is 4.74 Å². The van der Waals surface area contributed by atoms with E-state index in [0.29, 0.717) is 28.2 Å². The second kappa shape index (κ2) is 6.32. The van der Waals surface area contributed by atoms with Crippen LogP contribution in [0.3, 0.4) is 0 Å². The summed E-state index contributed by atoms with van der Waals surface area (Å²) in [6, 6.07) is 9.38. The highest BCUT2D eigenvalue weighted by molar-refractivity contribution is 6.20. The molecule has 0 atom stereocenters. The number of rotatable bonds is 4. The van der Waals surface area contributed by atoms with Crippen molar-refractivity contribution >= 4 is 28.7 Å². The number of H-pyrrole nitrogens is 2. The lowest BCUT2D eigenvalue weighted by Gasteiger charge is -2.01. The van der Waals surface area contributed by atoms with Gasteiger partial charge in [0.15, 0.2) is 0 Å². The number of carbonyl (C=O) groups is 1. The lowest BCUT2D eigenvalue weighted by molar-refractivity contribution is 0.0699. The number of carboxylic acid groups (broad SMARTS) is 1. The maximum atomic E-state index is 11.9. The number of aromatic nitrogens is 2. The molecule has 2 aromatic heterocycles. The first kappa shape index (κ1) is 16.9. The Bertz CT molecular complexity index is 1160. The number of fused-ring (bicyclic) bond motifs is 1. The summed E-state index contributed by atoms with van der Waals surface area (Å²) >= 11 is 0. The number of hydrogen-bond donors (Lipinski definition) is 3. The molecule has 3 N–H and O–H groups in total. The Morgan fingerprint density at radius 1 is 1.22 bits per heavy atom. The number of aromatic carboxylic acids is 1. The number of aromatic amines is 2. The summed E-state index contributed by atoms with van der Waals surface area (Å²) in [5, 5.41) is 10.4. The molecule has 1 aliphatic heterocycles. The van der Waals surface area contributed by atoms with Crippen LogP contribution in [0.25, 0.3) is 17.0 Å². The van der Waals surface area contributed by atoms with Gasteiger partial charge in [0, 0.05) is 28.4 Å². The van der Waals surface area contributed by atoms with E-state index in [1.807, 2.05) is 38.1 Å². The Labute approximate surface area is 155 Å². The third kappa shape index (κ3) is 2.85. The molecule has 1 aliphatic rings. The number of nitrogens with one attached hydrogen (secondary N) is 2.